The molecule has 6 rings (SSSR count). The van der Waals surface area contributed by atoms with Gasteiger partial charge < -0.3 is 20.1 Å². The summed E-state index contributed by atoms with van der Waals surface area (Å²) in [5.74, 6) is 0. The van der Waals surface area contributed by atoms with Gasteiger partial charge in [0.25, 0.3) is 20.0 Å². The van der Waals surface area contributed by atoms with Crippen LogP contribution < -0.4 is 10.6 Å². The number of hydrogen-bond donors (Lipinski definition) is 2. The zero-order chi connectivity index (χ0) is 44.2. The Hall–Kier alpha value is -6.07. The lowest BCUT2D eigenvalue weighted by Gasteiger charge is -2.29. The number of carbonyl (C=O) groups is 3. The van der Waals surface area contributed by atoms with Crippen LogP contribution in [0.4, 0.5) is 9.59 Å². The van der Waals surface area contributed by atoms with Crippen LogP contribution in [0.1, 0.15) is 91.1 Å². The van der Waals surface area contributed by atoms with Gasteiger partial charge >= 0.3 is 12.2 Å². The first-order valence-corrected chi connectivity index (χ1v) is 21.8. The normalized spacial score (nSPS) is 13.0. The Balaban J connectivity index is 1.51. The van der Waals surface area contributed by atoms with Crippen LogP contribution in [0, 0.1) is 0 Å². The Morgan fingerprint density at radius 2 is 1.20 bits per heavy atom. The minimum atomic E-state index is -4.56. The van der Waals surface area contributed by atoms with Gasteiger partial charge in [0.2, 0.25) is 0 Å². The molecule has 2 aromatic carbocycles. The van der Waals surface area contributed by atoms with Gasteiger partial charge in [0.05, 0.1) is 38.0 Å². The van der Waals surface area contributed by atoms with E-state index in [1.807, 2.05) is 0 Å². The monoisotopic (exact) mass is 856 g/mol. The standard InChI is InChI=1S/C43H48N6O9S2/c1-40(2,3)57-38(51)46-42(7,8)34-20-19-28-23-29(26-50)49(36(28)44-34)60(55,56)31-18-14-15-27(24-31)33-25-35(43(9,10)47-39(52)58-41(4,5)6)45-37-32(33)21-22-48(37)59(53,54)30-16-12-11-13-17-30/h11-26H,1-10H3,(H,46,51)(H,47,52). The van der Waals surface area contributed by atoms with Crippen molar-refractivity contribution < 1.29 is 40.7 Å². The molecule has 0 saturated heterocycles. The summed E-state index contributed by atoms with van der Waals surface area (Å²) in [5.41, 5.74) is -2.87. The van der Waals surface area contributed by atoms with Crippen molar-refractivity contribution in [3.8, 4) is 11.1 Å². The molecule has 0 bridgehead atoms. The molecule has 0 unspecified atom stereocenters. The average molecular weight is 857 g/mol. The summed E-state index contributed by atoms with van der Waals surface area (Å²) in [6.45, 7) is 17.1. The summed E-state index contributed by atoms with van der Waals surface area (Å²) in [5, 5.41) is 6.32. The zero-order valence-electron chi connectivity index (χ0n) is 35.0. The van der Waals surface area contributed by atoms with Gasteiger partial charge in [-0.05, 0) is 135 Å². The highest BCUT2D eigenvalue weighted by molar-refractivity contribution is 7.90. The van der Waals surface area contributed by atoms with Crippen LogP contribution in [0.3, 0.4) is 0 Å². The van der Waals surface area contributed by atoms with Crippen molar-refractivity contribution in [1.29, 1.82) is 0 Å². The number of hydrogen-bond acceptors (Lipinski definition) is 11. The summed E-state index contributed by atoms with van der Waals surface area (Å²) >= 11 is 0. The molecular weight excluding hydrogens is 809 g/mol. The highest BCUT2D eigenvalue weighted by Gasteiger charge is 2.33. The van der Waals surface area contributed by atoms with Gasteiger partial charge in [0, 0.05) is 17.0 Å². The molecule has 4 heterocycles. The lowest BCUT2D eigenvalue weighted by molar-refractivity contribution is 0.0456. The lowest BCUT2D eigenvalue weighted by Crippen LogP contribution is -2.44. The summed E-state index contributed by atoms with van der Waals surface area (Å²) in [4.78, 5) is 47.4. The number of aromatic nitrogens is 4. The summed E-state index contributed by atoms with van der Waals surface area (Å²) < 4.78 is 70.3. The predicted molar refractivity (Wildman–Crippen MR) is 227 cm³/mol. The summed E-state index contributed by atoms with van der Waals surface area (Å²) in [6, 6.07) is 21.6. The van der Waals surface area contributed by atoms with Gasteiger partial charge in [-0.3, -0.25) is 4.79 Å². The fourth-order valence-electron chi connectivity index (χ4n) is 6.48. The van der Waals surface area contributed by atoms with E-state index < -0.39 is 54.5 Å². The van der Waals surface area contributed by atoms with Crippen molar-refractivity contribution in [3.63, 3.8) is 0 Å². The summed E-state index contributed by atoms with van der Waals surface area (Å²) in [6.07, 6.45) is 0.351. The van der Waals surface area contributed by atoms with Crippen molar-refractivity contribution in [2.45, 2.75) is 101 Å². The number of rotatable bonds is 10. The first-order chi connectivity index (χ1) is 27.7. The van der Waals surface area contributed by atoms with E-state index in [1.54, 1.807) is 118 Å². The number of ether oxygens (including phenoxy) is 2. The smallest absolute Gasteiger partial charge is 0.408 e. The van der Waals surface area contributed by atoms with Crippen molar-refractivity contribution in [1.82, 2.24) is 28.5 Å². The fraction of sp³-hybridized carbons (Fsp3) is 0.326. The largest absolute Gasteiger partial charge is 0.444 e. The molecule has 2 amide bonds. The quantitative estimate of drug-likeness (QED) is 0.127. The maximum absolute atomic E-state index is 14.7. The van der Waals surface area contributed by atoms with Gasteiger partial charge in [-0.25, -0.2) is 44.3 Å². The molecule has 0 radical (unpaired) electrons. The number of amides is 2. The lowest BCUT2D eigenvalue weighted by atomic mass is 9.95. The zero-order valence-corrected chi connectivity index (χ0v) is 36.7. The van der Waals surface area contributed by atoms with Gasteiger partial charge in [-0.15, -0.1) is 0 Å². The maximum Gasteiger partial charge on any atom is 0.408 e. The highest BCUT2D eigenvalue weighted by atomic mass is 32.2. The molecule has 0 fully saturated rings. The molecule has 6 aromatic rings. The number of carbonyl (C=O) groups excluding carboxylic acids is 3. The van der Waals surface area contributed by atoms with Crippen LogP contribution in [0.5, 0.6) is 0 Å². The number of nitrogens with one attached hydrogen (secondary N) is 2. The highest BCUT2D eigenvalue weighted by Crippen LogP contribution is 2.36. The second-order valence-electron chi connectivity index (χ2n) is 17.3. The van der Waals surface area contributed by atoms with Crippen LogP contribution in [0.2, 0.25) is 0 Å². The fourth-order valence-corrected chi connectivity index (χ4v) is 9.28. The Labute approximate surface area is 349 Å². The third kappa shape index (κ3) is 8.77. The van der Waals surface area contributed by atoms with E-state index in [4.69, 9.17) is 14.5 Å². The van der Waals surface area contributed by atoms with Crippen LogP contribution >= 0.6 is 0 Å². The van der Waals surface area contributed by atoms with Crippen molar-refractivity contribution in [2.24, 2.45) is 0 Å². The van der Waals surface area contributed by atoms with E-state index in [2.05, 4.69) is 15.6 Å². The molecule has 0 aliphatic rings. The Kier molecular flexibility index (Phi) is 11.0. The van der Waals surface area contributed by atoms with E-state index in [0.717, 1.165) is 7.94 Å². The third-order valence-electron chi connectivity index (χ3n) is 9.27. The van der Waals surface area contributed by atoms with Crippen molar-refractivity contribution >= 4 is 60.6 Å². The third-order valence-corrected chi connectivity index (χ3v) is 12.7. The molecule has 4 aromatic heterocycles. The van der Waals surface area contributed by atoms with Crippen LogP contribution in [0.25, 0.3) is 33.2 Å². The molecule has 0 spiro atoms. The molecule has 0 saturated carbocycles. The Morgan fingerprint density at radius 1 is 0.633 bits per heavy atom. The second-order valence-corrected chi connectivity index (χ2v) is 20.9. The molecule has 60 heavy (non-hydrogen) atoms. The molecule has 0 atom stereocenters. The number of alkyl carbamates (subject to hydrolysis) is 2. The number of aldehydes is 1. The topological polar surface area (TPSA) is 198 Å². The SMILES string of the molecule is CC(C)(C)OC(=O)NC(C)(C)c1cc(-c2cccc(S(=O)(=O)n3c(C=O)cc4ccc(C(C)(C)NC(=O)OC(C)(C)C)nc43)c2)c2ccn(S(=O)(=O)c3ccccc3)c2n1. The molecule has 15 nitrogen and oxygen atoms in total. The number of pyridine rings is 2. The molecule has 316 valence electrons. The van der Waals surface area contributed by atoms with Crippen LogP contribution in [-0.2, 0) is 40.6 Å². The van der Waals surface area contributed by atoms with Crippen molar-refractivity contribution in [2.75, 3.05) is 0 Å². The Morgan fingerprint density at radius 3 is 1.78 bits per heavy atom. The average Bonchev–Trinajstić information content (AvgIpc) is 3.75. The van der Waals surface area contributed by atoms with E-state index >= 15 is 0 Å². The molecule has 17 heteroatoms. The first kappa shape index (κ1) is 43.5. The second kappa shape index (κ2) is 15.2. The van der Waals surface area contributed by atoms with Gasteiger partial charge in [0.15, 0.2) is 17.6 Å². The van der Waals surface area contributed by atoms with E-state index in [0.29, 0.717) is 33.9 Å². The predicted octanol–water partition coefficient (Wildman–Crippen LogP) is 7.86. The van der Waals surface area contributed by atoms with Gasteiger partial charge in [-0.1, -0.05) is 30.3 Å². The van der Waals surface area contributed by atoms with Gasteiger partial charge in [0.1, 0.15) is 11.2 Å². The first-order valence-electron chi connectivity index (χ1n) is 18.9. The van der Waals surface area contributed by atoms with E-state index in [-0.39, 0.29) is 32.5 Å². The molecule has 0 aliphatic carbocycles. The minimum absolute atomic E-state index is 0.0150. The Bertz CT molecular complexity index is 2890. The minimum Gasteiger partial charge on any atom is -0.444 e. The number of benzene rings is 2. The van der Waals surface area contributed by atoms with Crippen LogP contribution in [0.15, 0.2) is 101 Å². The molecular formula is C43H48N6O9S2. The number of nitrogens with zero attached hydrogens (tertiary/aromatic N) is 4. The van der Waals surface area contributed by atoms with E-state index in [9.17, 15) is 31.2 Å². The molecule has 0 aliphatic heterocycles. The number of fused-ring (bicyclic) bond motifs is 2. The summed E-state index contributed by atoms with van der Waals surface area (Å²) in [7, 11) is -8.74. The van der Waals surface area contributed by atoms with Gasteiger partial charge in [-0.2, -0.15) is 0 Å². The maximum atomic E-state index is 14.7. The molecule has 2 N–H and O–H groups in total. The van der Waals surface area contributed by atoms with Crippen LogP contribution in [-0.4, -0.2) is 64.4 Å². The van der Waals surface area contributed by atoms with Crippen molar-refractivity contribution in [3.05, 3.63) is 108 Å². The van der Waals surface area contributed by atoms with E-state index in [1.165, 1.54) is 42.6 Å².